The molecule has 0 aliphatic carbocycles. The molecular formula is C20H22N4O13S3. The lowest BCUT2D eigenvalue weighted by Crippen LogP contribution is -2.27. The predicted octanol–water partition coefficient (Wildman–Crippen LogP) is 0.957. The Morgan fingerprint density at radius 1 is 1.02 bits per heavy atom. The molecule has 0 radical (unpaired) electrons. The van der Waals surface area contributed by atoms with Crippen LogP contribution < -0.4 is 14.5 Å². The molecule has 2 aromatic carbocycles. The van der Waals surface area contributed by atoms with Crippen LogP contribution in [0.1, 0.15) is 0 Å². The van der Waals surface area contributed by atoms with E-state index >= 15 is 0 Å². The van der Waals surface area contributed by atoms with Crippen LogP contribution in [0, 0.1) is 0 Å². The molecule has 1 aliphatic heterocycles. The number of hydrogen-bond donors (Lipinski definition) is 3. The van der Waals surface area contributed by atoms with Crippen LogP contribution in [-0.2, 0) is 39.3 Å². The van der Waals surface area contributed by atoms with Gasteiger partial charge in [-0.2, -0.15) is 32.2 Å². The number of carbonyl (C=O) groups is 1. The molecule has 0 aromatic heterocycles. The lowest BCUT2D eigenvalue weighted by molar-refractivity contribution is -0.129. The standard InChI is InChI=1S/C20H22N4O13S3/c1-35-16-10-18(38(27,28)8-7-37-40(32,33)34)17(36-2)9-14(16)21-22-15-11-24(23-19(15)20(25)26)12-3-5-13(6-4-12)39(29,30)31/h3-6,9-10,15H,7-8,11H2,1-2H3,(H,25,26)(H,29,30,31)(H,32,33,34). The van der Waals surface area contributed by atoms with E-state index in [4.69, 9.17) is 18.6 Å². The molecule has 218 valence electrons. The number of rotatable bonds is 12. The summed E-state index contributed by atoms with van der Waals surface area (Å²) in [6, 6.07) is 5.90. The quantitative estimate of drug-likeness (QED) is 0.220. The van der Waals surface area contributed by atoms with Crippen LogP contribution in [0.2, 0.25) is 0 Å². The number of sulfone groups is 1. The molecule has 1 unspecified atom stereocenters. The van der Waals surface area contributed by atoms with E-state index in [1.165, 1.54) is 24.3 Å². The third-order valence-corrected chi connectivity index (χ3v) is 8.26. The van der Waals surface area contributed by atoms with Gasteiger partial charge in [0.25, 0.3) is 10.1 Å². The van der Waals surface area contributed by atoms with E-state index in [1.807, 2.05) is 0 Å². The monoisotopic (exact) mass is 622 g/mol. The van der Waals surface area contributed by atoms with Crippen LogP contribution in [0.4, 0.5) is 11.4 Å². The smallest absolute Gasteiger partial charge is 0.397 e. The van der Waals surface area contributed by atoms with Crippen molar-refractivity contribution in [1.82, 2.24) is 0 Å². The van der Waals surface area contributed by atoms with E-state index < -0.39 is 65.3 Å². The van der Waals surface area contributed by atoms with Crippen LogP contribution in [0.25, 0.3) is 0 Å². The number of carboxylic acid groups (broad SMARTS) is 1. The Hall–Kier alpha value is -3.69. The zero-order chi connectivity index (χ0) is 29.9. The number of benzene rings is 2. The van der Waals surface area contributed by atoms with Gasteiger partial charge in [0.1, 0.15) is 28.1 Å². The molecule has 0 saturated heterocycles. The number of carboxylic acids is 1. The Bertz CT molecular complexity index is 1670. The van der Waals surface area contributed by atoms with Gasteiger partial charge in [-0.05, 0) is 24.3 Å². The summed E-state index contributed by atoms with van der Waals surface area (Å²) < 4.78 is 102. The molecule has 0 fully saturated rings. The third-order valence-electron chi connectivity index (χ3n) is 5.23. The molecule has 1 aliphatic rings. The Kier molecular flexibility index (Phi) is 9.11. The average molecular weight is 623 g/mol. The summed E-state index contributed by atoms with van der Waals surface area (Å²) in [6.07, 6.45) is 0. The largest absolute Gasteiger partial charge is 0.495 e. The van der Waals surface area contributed by atoms with Gasteiger partial charge in [0.15, 0.2) is 15.5 Å². The van der Waals surface area contributed by atoms with Crippen LogP contribution >= 0.6 is 0 Å². The zero-order valence-corrected chi connectivity index (χ0v) is 23.0. The topological polar surface area (TPSA) is 248 Å². The lowest BCUT2D eigenvalue weighted by atomic mass is 10.2. The summed E-state index contributed by atoms with van der Waals surface area (Å²) in [4.78, 5) is 11.0. The van der Waals surface area contributed by atoms with Gasteiger partial charge in [-0.1, -0.05) is 0 Å². The van der Waals surface area contributed by atoms with Gasteiger partial charge in [0.2, 0.25) is 0 Å². The Balaban J connectivity index is 1.89. The number of hydrogen-bond acceptors (Lipinski definition) is 14. The highest BCUT2D eigenvalue weighted by Gasteiger charge is 2.33. The number of hydrazone groups is 1. The highest BCUT2D eigenvalue weighted by atomic mass is 32.3. The van der Waals surface area contributed by atoms with Crippen molar-refractivity contribution in [2.24, 2.45) is 15.3 Å². The second kappa shape index (κ2) is 11.8. The maximum absolute atomic E-state index is 12.7. The molecule has 3 rings (SSSR count). The number of nitrogens with zero attached hydrogens (tertiary/aromatic N) is 4. The highest BCUT2D eigenvalue weighted by molar-refractivity contribution is 7.91. The van der Waals surface area contributed by atoms with Crippen molar-refractivity contribution < 1.29 is 57.9 Å². The fraction of sp³-hybridized carbons (Fsp3) is 0.300. The minimum atomic E-state index is -4.86. The first-order chi connectivity index (χ1) is 18.6. The zero-order valence-electron chi connectivity index (χ0n) is 20.6. The third kappa shape index (κ3) is 7.49. The molecule has 0 spiro atoms. The molecule has 1 atom stereocenters. The summed E-state index contributed by atoms with van der Waals surface area (Å²) in [5, 5.41) is 22.8. The molecule has 0 saturated carbocycles. The van der Waals surface area contributed by atoms with Crippen LogP contribution in [0.5, 0.6) is 11.5 Å². The van der Waals surface area contributed by atoms with E-state index in [-0.39, 0.29) is 28.6 Å². The van der Waals surface area contributed by atoms with E-state index in [0.717, 1.165) is 31.4 Å². The predicted molar refractivity (Wildman–Crippen MR) is 136 cm³/mol. The fourth-order valence-electron chi connectivity index (χ4n) is 3.38. The van der Waals surface area contributed by atoms with E-state index in [9.17, 15) is 35.2 Å². The normalized spacial score (nSPS) is 16.2. The Morgan fingerprint density at radius 3 is 2.17 bits per heavy atom. The second-order valence-corrected chi connectivity index (χ2v) is 12.4. The number of anilines is 1. The lowest BCUT2D eigenvalue weighted by Gasteiger charge is -2.15. The highest BCUT2D eigenvalue weighted by Crippen LogP contribution is 2.38. The molecule has 0 bridgehead atoms. The molecule has 0 amide bonds. The summed E-state index contributed by atoms with van der Waals surface area (Å²) in [7, 11) is -11.1. The number of aliphatic carboxylic acids is 1. The van der Waals surface area contributed by atoms with Gasteiger partial charge in [-0.3, -0.25) is 14.1 Å². The maximum atomic E-state index is 12.7. The van der Waals surface area contributed by atoms with Gasteiger partial charge in [-0.15, -0.1) is 0 Å². The molecular weight excluding hydrogens is 600 g/mol. The first-order valence-corrected chi connectivity index (χ1v) is 15.2. The first kappa shape index (κ1) is 30.8. The van der Waals surface area contributed by atoms with E-state index in [0.29, 0.717) is 5.69 Å². The minimum absolute atomic E-state index is 0.0480. The van der Waals surface area contributed by atoms with Crippen molar-refractivity contribution in [3.8, 4) is 11.5 Å². The SMILES string of the molecule is COc1cc(S(=O)(=O)CCOS(=O)(=O)O)c(OC)cc1N=NC1CN(c2ccc(S(=O)(=O)O)cc2)N=C1C(=O)O. The minimum Gasteiger partial charge on any atom is -0.495 e. The van der Waals surface area contributed by atoms with Gasteiger partial charge in [0, 0.05) is 12.1 Å². The maximum Gasteiger partial charge on any atom is 0.397 e. The second-order valence-electron chi connectivity index (χ2n) is 7.82. The van der Waals surface area contributed by atoms with Crippen molar-refractivity contribution in [2.45, 2.75) is 15.8 Å². The fourth-order valence-corrected chi connectivity index (χ4v) is 5.52. The van der Waals surface area contributed by atoms with Crippen LogP contribution in [0.15, 0.2) is 61.5 Å². The average Bonchev–Trinajstić information content (AvgIpc) is 3.30. The molecule has 17 nitrogen and oxygen atoms in total. The first-order valence-electron chi connectivity index (χ1n) is 10.7. The molecule has 1 heterocycles. The van der Waals surface area contributed by atoms with Crippen LogP contribution in [0.3, 0.4) is 0 Å². The van der Waals surface area contributed by atoms with Gasteiger partial charge >= 0.3 is 16.4 Å². The summed E-state index contributed by atoms with van der Waals surface area (Å²) in [5.41, 5.74) is -0.143. The molecule has 3 N–H and O–H groups in total. The van der Waals surface area contributed by atoms with Gasteiger partial charge in [-0.25, -0.2) is 17.4 Å². The van der Waals surface area contributed by atoms with Crippen LogP contribution in [-0.4, -0.2) is 90.3 Å². The number of ether oxygens (including phenoxy) is 2. The van der Waals surface area contributed by atoms with Gasteiger partial charge < -0.3 is 14.6 Å². The van der Waals surface area contributed by atoms with Gasteiger partial charge in [0.05, 0.1) is 43.7 Å². The summed E-state index contributed by atoms with van der Waals surface area (Å²) >= 11 is 0. The molecule has 20 heteroatoms. The molecule has 40 heavy (non-hydrogen) atoms. The summed E-state index contributed by atoms with van der Waals surface area (Å²) in [5.74, 6) is -2.57. The van der Waals surface area contributed by atoms with Crippen molar-refractivity contribution >= 4 is 53.4 Å². The van der Waals surface area contributed by atoms with E-state index in [2.05, 4.69) is 19.5 Å². The van der Waals surface area contributed by atoms with Crippen molar-refractivity contribution in [3.63, 3.8) is 0 Å². The van der Waals surface area contributed by atoms with E-state index in [1.54, 1.807) is 0 Å². The Morgan fingerprint density at radius 2 is 1.65 bits per heavy atom. The molecule has 2 aromatic rings. The van der Waals surface area contributed by atoms with Crippen molar-refractivity contribution in [2.75, 3.05) is 38.1 Å². The van der Waals surface area contributed by atoms with Crippen molar-refractivity contribution in [1.29, 1.82) is 0 Å². The number of azo groups is 1. The van der Waals surface area contributed by atoms with Crippen molar-refractivity contribution in [3.05, 3.63) is 36.4 Å². The summed E-state index contributed by atoms with van der Waals surface area (Å²) in [6.45, 7) is -0.988. The Labute approximate surface area is 228 Å². The number of methoxy groups -OCH3 is 2.